The standard InChI is InChI=1S/C12H18N2O5S2/c1-7(2)3-8(12(16)17)5-14-11(15)9-4-10(20-6-9)21(13,18)19/h4,6-8H,3,5H2,1-2H3,(H,14,15)(H,16,17)(H2,13,18,19). The Hall–Kier alpha value is -1.45. The highest BCUT2D eigenvalue weighted by atomic mass is 32.2. The Morgan fingerprint density at radius 3 is 2.48 bits per heavy atom. The van der Waals surface area contributed by atoms with Gasteiger partial charge in [0.2, 0.25) is 10.0 Å². The van der Waals surface area contributed by atoms with Crippen LogP contribution in [-0.4, -0.2) is 31.9 Å². The molecule has 1 heterocycles. The molecule has 0 bridgehead atoms. The van der Waals surface area contributed by atoms with E-state index in [1.54, 1.807) is 0 Å². The molecule has 0 aliphatic rings. The van der Waals surface area contributed by atoms with Crippen molar-refractivity contribution in [2.24, 2.45) is 17.0 Å². The zero-order valence-corrected chi connectivity index (χ0v) is 13.3. The zero-order chi connectivity index (χ0) is 16.2. The van der Waals surface area contributed by atoms with E-state index in [2.05, 4.69) is 5.32 Å². The van der Waals surface area contributed by atoms with Crippen LogP contribution in [0.25, 0.3) is 0 Å². The van der Waals surface area contributed by atoms with E-state index in [4.69, 9.17) is 10.2 Å². The molecule has 0 aliphatic carbocycles. The summed E-state index contributed by atoms with van der Waals surface area (Å²) in [5, 5.41) is 17.9. The number of rotatable bonds is 7. The number of sulfonamides is 1. The third-order valence-electron chi connectivity index (χ3n) is 2.73. The van der Waals surface area contributed by atoms with E-state index in [0.29, 0.717) is 6.42 Å². The van der Waals surface area contributed by atoms with Gasteiger partial charge in [0.25, 0.3) is 5.91 Å². The van der Waals surface area contributed by atoms with Crippen molar-refractivity contribution in [1.29, 1.82) is 0 Å². The van der Waals surface area contributed by atoms with Gasteiger partial charge in [0.15, 0.2) is 0 Å². The van der Waals surface area contributed by atoms with Crippen LogP contribution < -0.4 is 10.5 Å². The zero-order valence-electron chi connectivity index (χ0n) is 11.7. The highest BCUT2D eigenvalue weighted by molar-refractivity contribution is 7.91. The molecule has 118 valence electrons. The third-order valence-corrected chi connectivity index (χ3v) is 5.12. The fourth-order valence-electron chi connectivity index (χ4n) is 1.74. The smallest absolute Gasteiger partial charge is 0.308 e. The molecule has 21 heavy (non-hydrogen) atoms. The van der Waals surface area contributed by atoms with Crippen LogP contribution >= 0.6 is 11.3 Å². The van der Waals surface area contributed by atoms with Crippen molar-refractivity contribution in [1.82, 2.24) is 5.32 Å². The summed E-state index contributed by atoms with van der Waals surface area (Å²) in [7, 11) is -3.83. The fraction of sp³-hybridized carbons (Fsp3) is 0.500. The Kier molecular flexibility index (Phi) is 5.87. The summed E-state index contributed by atoms with van der Waals surface area (Å²) in [6.45, 7) is 3.79. The average molecular weight is 334 g/mol. The van der Waals surface area contributed by atoms with Crippen LogP contribution in [0.3, 0.4) is 0 Å². The van der Waals surface area contributed by atoms with Gasteiger partial charge in [-0.05, 0) is 18.4 Å². The first kappa shape index (κ1) is 17.6. The van der Waals surface area contributed by atoms with Gasteiger partial charge < -0.3 is 10.4 Å². The van der Waals surface area contributed by atoms with Gasteiger partial charge in [-0.25, -0.2) is 13.6 Å². The Morgan fingerprint density at radius 2 is 2.05 bits per heavy atom. The second kappa shape index (κ2) is 7.01. The van der Waals surface area contributed by atoms with E-state index < -0.39 is 27.8 Å². The molecule has 1 aromatic heterocycles. The highest BCUT2D eigenvalue weighted by Crippen LogP contribution is 2.19. The van der Waals surface area contributed by atoms with Crippen molar-refractivity contribution < 1.29 is 23.1 Å². The number of amides is 1. The monoisotopic (exact) mass is 334 g/mol. The van der Waals surface area contributed by atoms with Gasteiger partial charge in [-0.3, -0.25) is 9.59 Å². The maximum absolute atomic E-state index is 11.9. The lowest BCUT2D eigenvalue weighted by molar-refractivity contribution is -0.142. The summed E-state index contributed by atoms with van der Waals surface area (Å²) in [4.78, 5) is 22.9. The van der Waals surface area contributed by atoms with Gasteiger partial charge in [0.1, 0.15) is 4.21 Å². The maximum Gasteiger partial charge on any atom is 0.308 e. The van der Waals surface area contributed by atoms with Gasteiger partial charge in [0.05, 0.1) is 11.5 Å². The van der Waals surface area contributed by atoms with Crippen molar-refractivity contribution in [2.75, 3.05) is 6.54 Å². The minimum absolute atomic E-state index is 0.00704. The van der Waals surface area contributed by atoms with E-state index in [9.17, 15) is 18.0 Å². The van der Waals surface area contributed by atoms with Crippen LogP contribution in [-0.2, 0) is 14.8 Å². The predicted octanol–water partition coefficient (Wildman–Crippen LogP) is 0.872. The molecule has 1 amide bonds. The molecular formula is C12H18N2O5S2. The molecule has 0 spiro atoms. The first-order valence-corrected chi connectivity index (χ1v) is 8.66. The molecule has 1 rings (SSSR count). The third kappa shape index (κ3) is 5.44. The molecule has 0 saturated carbocycles. The average Bonchev–Trinajstić information content (AvgIpc) is 2.82. The lowest BCUT2D eigenvalue weighted by Gasteiger charge is -2.15. The van der Waals surface area contributed by atoms with Gasteiger partial charge in [-0.15, -0.1) is 11.3 Å². The molecule has 4 N–H and O–H groups in total. The molecule has 1 aromatic rings. The molecule has 7 nitrogen and oxygen atoms in total. The first-order valence-electron chi connectivity index (χ1n) is 6.23. The van der Waals surface area contributed by atoms with Gasteiger partial charge in [-0.1, -0.05) is 13.8 Å². The molecule has 1 unspecified atom stereocenters. The van der Waals surface area contributed by atoms with Crippen molar-refractivity contribution in [3.05, 3.63) is 17.0 Å². The number of hydrogen-bond acceptors (Lipinski definition) is 5. The van der Waals surface area contributed by atoms with Crippen LogP contribution in [0.5, 0.6) is 0 Å². The second-order valence-corrected chi connectivity index (χ2v) is 7.77. The van der Waals surface area contributed by atoms with E-state index >= 15 is 0 Å². The normalized spacial score (nSPS) is 13.1. The molecule has 9 heteroatoms. The number of nitrogens with one attached hydrogen (secondary N) is 1. The Bertz CT molecular complexity index is 621. The van der Waals surface area contributed by atoms with Crippen molar-refractivity contribution in [2.45, 2.75) is 24.5 Å². The Morgan fingerprint density at radius 1 is 1.43 bits per heavy atom. The summed E-state index contributed by atoms with van der Waals surface area (Å²) in [5.74, 6) is -1.97. The van der Waals surface area contributed by atoms with E-state index in [-0.39, 0.29) is 22.2 Å². The van der Waals surface area contributed by atoms with Crippen molar-refractivity contribution in [3.8, 4) is 0 Å². The largest absolute Gasteiger partial charge is 0.481 e. The molecule has 0 radical (unpaired) electrons. The van der Waals surface area contributed by atoms with Crippen molar-refractivity contribution >= 4 is 33.2 Å². The predicted molar refractivity (Wildman–Crippen MR) is 78.6 cm³/mol. The van der Waals surface area contributed by atoms with Crippen LogP contribution in [0.4, 0.5) is 0 Å². The number of carbonyl (C=O) groups is 2. The van der Waals surface area contributed by atoms with Gasteiger partial charge >= 0.3 is 5.97 Å². The molecule has 0 saturated heterocycles. The topological polar surface area (TPSA) is 127 Å². The van der Waals surface area contributed by atoms with E-state index in [0.717, 1.165) is 11.3 Å². The minimum Gasteiger partial charge on any atom is -0.481 e. The highest BCUT2D eigenvalue weighted by Gasteiger charge is 2.21. The number of primary sulfonamides is 1. The van der Waals surface area contributed by atoms with Crippen LogP contribution in [0, 0.1) is 11.8 Å². The SMILES string of the molecule is CC(C)CC(CNC(=O)c1csc(S(N)(=O)=O)c1)C(=O)O. The first-order chi connectivity index (χ1) is 9.61. The van der Waals surface area contributed by atoms with Crippen LogP contribution in [0.15, 0.2) is 15.7 Å². The minimum atomic E-state index is -3.83. The van der Waals surface area contributed by atoms with Crippen LogP contribution in [0.1, 0.15) is 30.6 Å². The van der Waals surface area contributed by atoms with Gasteiger partial charge in [-0.2, -0.15) is 0 Å². The summed E-state index contributed by atoms with van der Waals surface area (Å²) in [6.07, 6.45) is 0.446. The molecule has 0 aromatic carbocycles. The number of nitrogens with two attached hydrogens (primary N) is 1. The van der Waals surface area contributed by atoms with Crippen LogP contribution in [0.2, 0.25) is 0 Å². The number of carboxylic acids is 1. The number of hydrogen-bond donors (Lipinski definition) is 3. The van der Waals surface area contributed by atoms with E-state index in [1.165, 1.54) is 11.4 Å². The quantitative estimate of drug-likeness (QED) is 0.682. The lowest BCUT2D eigenvalue weighted by atomic mass is 9.97. The Labute approximate surface area is 127 Å². The number of carbonyl (C=O) groups excluding carboxylic acids is 1. The number of thiophene rings is 1. The Balaban J connectivity index is 2.68. The van der Waals surface area contributed by atoms with Gasteiger partial charge in [0, 0.05) is 11.9 Å². The second-order valence-electron chi connectivity index (χ2n) is 5.07. The summed E-state index contributed by atoms with van der Waals surface area (Å²) >= 11 is 0.846. The fourth-order valence-corrected chi connectivity index (χ4v) is 3.33. The summed E-state index contributed by atoms with van der Waals surface area (Å²) in [6, 6.07) is 1.17. The molecule has 0 aliphatic heterocycles. The summed E-state index contributed by atoms with van der Waals surface area (Å²) < 4.78 is 22.1. The molecule has 1 atom stereocenters. The number of carboxylic acid groups (broad SMARTS) is 1. The maximum atomic E-state index is 11.9. The summed E-state index contributed by atoms with van der Waals surface area (Å²) in [5.41, 5.74) is 0.151. The molecule has 0 fully saturated rings. The van der Waals surface area contributed by atoms with Crippen molar-refractivity contribution in [3.63, 3.8) is 0 Å². The lowest BCUT2D eigenvalue weighted by Crippen LogP contribution is -2.33. The molecular weight excluding hydrogens is 316 g/mol. The number of aliphatic carboxylic acids is 1. The van der Waals surface area contributed by atoms with E-state index in [1.807, 2.05) is 13.8 Å².